The van der Waals surface area contributed by atoms with Gasteiger partial charge in [0.05, 0.1) is 17.7 Å². The zero-order chi connectivity index (χ0) is 14.6. The number of rotatable bonds is 5. The highest BCUT2D eigenvalue weighted by Crippen LogP contribution is 2.00. The highest BCUT2D eigenvalue weighted by molar-refractivity contribution is 5.69. The standard InChI is InChI=1S/C10H13N3O6/c1-3-11-5-7(13(17)18)9(15)12(10(11)16)6-8(14)19-4-2/h5H,3-4,6H2,1-2H3. The largest absolute Gasteiger partial charge is 0.465 e. The van der Waals surface area contributed by atoms with Crippen LogP contribution in [0.3, 0.4) is 0 Å². The Bertz CT molecular complexity index is 615. The third-order valence-electron chi connectivity index (χ3n) is 2.35. The third-order valence-corrected chi connectivity index (χ3v) is 2.35. The first-order chi connectivity index (χ1) is 8.92. The van der Waals surface area contributed by atoms with E-state index >= 15 is 0 Å². The van der Waals surface area contributed by atoms with Crippen molar-refractivity contribution in [2.45, 2.75) is 26.9 Å². The molecule has 0 radical (unpaired) electrons. The van der Waals surface area contributed by atoms with Crippen LogP contribution in [-0.4, -0.2) is 26.6 Å². The van der Waals surface area contributed by atoms with E-state index in [1.54, 1.807) is 13.8 Å². The average Bonchev–Trinajstić information content (AvgIpc) is 2.34. The van der Waals surface area contributed by atoms with Crippen LogP contribution in [0.2, 0.25) is 0 Å². The molecule has 1 rings (SSSR count). The van der Waals surface area contributed by atoms with E-state index in [-0.39, 0.29) is 13.2 Å². The van der Waals surface area contributed by atoms with Crippen molar-refractivity contribution in [2.75, 3.05) is 6.61 Å². The Morgan fingerprint density at radius 2 is 2.05 bits per heavy atom. The highest BCUT2D eigenvalue weighted by Gasteiger charge is 2.21. The van der Waals surface area contributed by atoms with Crippen LogP contribution < -0.4 is 11.2 Å². The molecule has 0 N–H and O–H groups in total. The van der Waals surface area contributed by atoms with Gasteiger partial charge in [-0.1, -0.05) is 0 Å². The van der Waals surface area contributed by atoms with Crippen LogP contribution in [0, 0.1) is 10.1 Å². The van der Waals surface area contributed by atoms with Gasteiger partial charge in [0, 0.05) is 6.54 Å². The van der Waals surface area contributed by atoms with E-state index in [1.165, 1.54) is 0 Å². The Labute approximate surface area is 107 Å². The number of ether oxygens (including phenoxy) is 1. The summed E-state index contributed by atoms with van der Waals surface area (Å²) in [5.74, 6) is -0.801. The second kappa shape index (κ2) is 5.94. The fourth-order valence-corrected chi connectivity index (χ4v) is 1.47. The van der Waals surface area contributed by atoms with Crippen LogP contribution in [0.25, 0.3) is 0 Å². The van der Waals surface area contributed by atoms with Crippen molar-refractivity contribution < 1.29 is 14.5 Å². The third kappa shape index (κ3) is 3.06. The predicted octanol–water partition coefficient (Wildman–Crippen LogP) is -0.499. The number of nitrogens with zero attached hydrogens (tertiary/aromatic N) is 3. The van der Waals surface area contributed by atoms with Gasteiger partial charge < -0.3 is 4.74 Å². The zero-order valence-electron chi connectivity index (χ0n) is 10.5. The summed E-state index contributed by atoms with van der Waals surface area (Å²) in [6, 6.07) is 0. The molecule has 0 saturated heterocycles. The van der Waals surface area contributed by atoms with Gasteiger partial charge >= 0.3 is 22.9 Å². The molecule has 0 fully saturated rings. The van der Waals surface area contributed by atoms with Crippen LogP contribution in [0.4, 0.5) is 5.69 Å². The zero-order valence-corrected chi connectivity index (χ0v) is 10.5. The molecule has 1 heterocycles. The molecule has 0 unspecified atom stereocenters. The molecule has 0 aromatic carbocycles. The molecule has 1 aromatic rings. The first-order valence-electron chi connectivity index (χ1n) is 5.56. The molecule has 0 saturated carbocycles. The number of esters is 1. The number of carbonyl (C=O) groups is 1. The molecule has 1 aromatic heterocycles. The van der Waals surface area contributed by atoms with Gasteiger partial charge in [-0.3, -0.25) is 24.3 Å². The smallest absolute Gasteiger partial charge is 0.350 e. The van der Waals surface area contributed by atoms with Crippen molar-refractivity contribution >= 4 is 11.7 Å². The number of hydrogen-bond acceptors (Lipinski definition) is 6. The van der Waals surface area contributed by atoms with Crippen molar-refractivity contribution in [3.8, 4) is 0 Å². The minimum absolute atomic E-state index is 0.0878. The van der Waals surface area contributed by atoms with E-state index in [0.717, 1.165) is 10.8 Å². The molecule has 0 aliphatic rings. The van der Waals surface area contributed by atoms with Crippen LogP contribution in [0.5, 0.6) is 0 Å². The summed E-state index contributed by atoms with van der Waals surface area (Å²) in [5, 5.41) is 10.7. The Hall–Kier alpha value is -2.45. The predicted molar refractivity (Wildman–Crippen MR) is 63.9 cm³/mol. The molecule has 9 heteroatoms. The second-order valence-corrected chi connectivity index (χ2v) is 3.54. The maximum absolute atomic E-state index is 11.8. The fraction of sp³-hybridized carbons (Fsp3) is 0.500. The van der Waals surface area contributed by atoms with E-state index in [2.05, 4.69) is 4.74 Å². The summed E-state index contributed by atoms with van der Waals surface area (Å²) in [4.78, 5) is 44.7. The van der Waals surface area contributed by atoms with Crippen molar-refractivity contribution in [3.63, 3.8) is 0 Å². The van der Waals surface area contributed by atoms with Crippen LogP contribution in [0.15, 0.2) is 15.8 Å². The molecular weight excluding hydrogens is 258 g/mol. The Kier molecular flexibility index (Phi) is 4.56. The van der Waals surface area contributed by atoms with Gasteiger partial charge in [0.25, 0.3) is 0 Å². The Balaban J connectivity index is 3.40. The number of nitro groups is 1. The molecule has 0 spiro atoms. The maximum Gasteiger partial charge on any atom is 0.350 e. The number of aromatic nitrogens is 2. The van der Waals surface area contributed by atoms with Crippen LogP contribution in [0.1, 0.15) is 13.8 Å². The van der Waals surface area contributed by atoms with Crippen LogP contribution >= 0.6 is 0 Å². The fourth-order valence-electron chi connectivity index (χ4n) is 1.47. The lowest BCUT2D eigenvalue weighted by Crippen LogP contribution is -2.42. The first kappa shape index (κ1) is 14.6. The summed E-state index contributed by atoms with van der Waals surface area (Å²) < 4.78 is 6.10. The van der Waals surface area contributed by atoms with Crippen molar-refractivity contribution in [1.29, 1.82) is 0 Å². The minimum atomic E-state index is -1.12. The second-order valence-electron chi connectivity index (χ2n) is 3.54. The van der Waals surface area contributed by atoms with E-state index in [4.69, 9.17) is 0 Å². The molecule has 19 heavy (non-hydrogen) atoms. The lowest BCUT2D eigenvalue weighted by atomic mass is 10.4. The van der Waals surface area contributed by atoms with Gasteiger partial charge in [0.2, 0.25) is 0 Å². The molecule has 0 bridgehead atoms. The Morgan fingerprint density at radius 1 is 1.42 bits per heavy atom. The van der Waals surface area contributed by atoms with Crippen molar-refractivity contribution in [1.82, 2.24) is 9.13 Å². The minimum Gasteiger partial charge on any atom is -0.465 e. The van der Waals surface area contributed by atoms with Gasteiger partial charge in [0.1, 0.15) is 6.54 Å². The van der Waals surface area contributed by atoms with Crippen molar-refractivity contribution in [3.05, 3.63) is 37.1 Å². The van der Waals surface area contributed by atoms with Gasteiger partial charge in [-0.2, -0.15) is 0 Å². The normalized spacial score (nSPS) is 10.2. The van der Waals surface area contributed by atoms with Crippen LogP contribution in [-0.2, 0) is 22.6 Å². The topological polar surface area (TPSA) is 113 Å². The average molecular weight is 271 g/mol. The number of hydrogen-bond donors (Lipinski definition) is 0. The molecule has 104 valence electrons. The van der Waals surface area contributed by atoms with Crippen molar-refractivity contribution in [2.24, 2.45) is 0 Å². The van der Waals surface area contributed by atoms with E-state index < -0.39 is 34.4 Å². The SMILES string of the molecule is CCOC(=O)Cn1c(=O)c([N+](=O)[O-])cn(CC)c1=O. The van der Waals surface area contributed by atoms with E-state index in [1.807, 2.05) is 0 Å². The maximum atomic E-state index is 11.8. The number of carbonyl (C=O) groups excluding carboxylic acids is 1. The number of aryl methyl sites for hydroxylation is 1. The van der Waals surface area contributed by atoms with E-state index in [9.17, 15) is 24.5 Å². The molecule has 0 atom stereocenters. The van der Waals surface area contributed by atoms with Gasteiger partial charge in [-0.05, 0) is 13.8 Å². The summed E-state index contributed by atoms with van der Waals surface area (Å²) >= 11 is 0. The summed E-state index contributed by atoms with van der Waals surface area (Å²) in [6.07, 6.45) is 0.867. The Morgan fingerprint density at radius 3 is 2.53 bits per heavy atom. The highest BCUT2D eigenvalue weighted by atomic mass is 16.6. The van der Waals surface area contributed by atoms with Gasteiger partial charge in [0.15, 0.2) is 0 Å². The quantitative estimate of drug-likeness (QED) is 0.405. The summed E-state index contributed by atoms with van der Waals surface area (Å²) in [6.45, 7) is 2.74. The van der Waals surface area contributed by atoms with E-state index in [0.29, 0.717) is 4.57 Å². The summed E-state index contributed by atoms with van der Waals surface area (Å²) in [5.41, 5.74) is -2.66. The lowest BCUT2D eigenvalue weighted by molar-refractivity contribution is -0.387. The molecule has 9 nitrogen and oxygen atoms in total. The molecular formula is C10H13N3O6. The van der Waals surface area contributed by atoms with Gasteiger partial charge in [-0.15, -0.1) is 0 Å². The lowest BCUT2D eigenvalue weighted by Gasteiger charge is -2.07. The van der Waals surface area contributed by atoms with Gasteiger partial charge in [-0.25, -0.2) is 9.36 Å². The molecule has 0 amide bonds. The molecule has 0 aliphatic heterocycles. The summed E-state index contributed by atoms with van der Waals surface area (Å²) in [7, 11) is 0. The monoisotopic (exact) mass is 271 g/mol. The molecule has 0 aliphatic carbocycles. The first-order valence-corrected chi connectivity index (χ1v) is 5.56.